The van der Waals surface area contributed by atoms with Crippen LogP contribution in [0.4, 0.5) is 0 Å². The molecule has 0 aromatic rings. The van der Waals surface area contributed by atoms with Crippen LogP contribution in [-0.2, 0) is 22.4 Å². The quantitative estimate of drug-likeness (QED) is 0.245. The summed E-state index contributed by atoms with van der Waals surface area (Å²) in [6, 6.07) is 0. The molecule has 1 heterocycles. The van der Waals surface area contributed by atoms with Crippen molar-refractivity contribution in [3.05, 3.63) is 0 Å². The van der Waals surface area contributed by atoms with Gasteiger partial charge in [0.2, 0.25) is 0 Å². The number of hydrogen-bond acceptors (Lipinski definition) is 5. The van der Waals surface area contributed by atoms with E-state index >= 15 is 0 Å². The van der Waals surface area contributed by atoms with Gasteiger partial charge >= 0.3 is 0 Å². The van der Waals surface area contributed by atoms with Crippen LogP contribution in [0.1, 0.15) is 83.1 Å². The standard InChI is InChI=1S/C29H66O5Si4/c1-26(2,3)35(13,14)30-21-22-23(32-36(15,16)27(4,5)6)24(33-37(17,18)28(7,8)9)25(31-22)34-38(19,20)29(10,11)12/h22-25H,21H2,1-20H3/t22-,23-,24+,25-/m0/s1. The van der Waals surface area contributed by atoms with Crippen LogP contribution >= 0.6 is 0 Å². The van der Waals surface area contributed by atoms with E-state index in [0.29, 0.717) is 6.61 Å². The Morgan fingerprint density at radius 3 is 1.13 bits per heavy atom. The molecule has 1 fully saturated rings. The molecule has 4 atom stereocenters. The molecule has 0 aliphatic carbocycles. The van der Waals surface area contributed by atoms with Gasteiger partial charge in [0, 0.05) is 0 Å². The maximum Gasteiger partial charge on any atom is 0.195 e. The smallest absolute Gasteiger partial charge is 0.195 e. The molecule has 1 rings (SSSR count). The Balaban J connectivity index is 3.61. The lowest BCUT2D eigenvalue weighted by atomic mass is 10.1. The second kappa shape index (κ2) is 11.4. The molecule has 0 unspecified atom stereocenters. The fourth-order valence-corrected chi connectivity index (χ4v) is 7.93. The highest BCUT2D eigenvalue weighted by Gasteiger charge is 2.56. The summed E-state index contributed by atoms with van der Waals surface area (Å²) in [5.74, 6) is 0. The predicted molar refractivity (Wildman–Crippen MR) is 174 cm³/mol. The largest absolute Gasteiger partial charge is 0.414 e. The lowest BCUT2D eigenvalue weighted by molar-refractivity contribution is -0.120. The lowest BCUT2D eigenvalue weighted by Gasteiger charge is -2.45. The van der Waals surface area contributed by atoms with Crippen LogP contribution in [0.15, 0.2) is 0 Å². The average Bonchev–Trinajstić information content (AvgIpc) is 2.91. The molecular weight excluding hydrogens is 541 g/mol. The molecule has 5 nitrogen and oxygen atoms in total. The van der Waals surface area contributed by atoms with Gasteiger partial charge in [0.15, 0.2) is 39.6 Å². The molecule has 9 heteroatoms. The Morgan fingerprint density at radius 1 is 0.474 bits per heavy atom. The minimum Gasteiger partial charge on any atom is -0.414 e. The van der Waals surface area contributed by atoms with Crippen molar-refractivity contribution in [2.24, 2.45) is 0 Å². The summed E-state index contributed by atoms with van der Waals surface area (Å²) in [5, 5.41) is 0.308. The van der Waals surface area contributed by atoms with Crippen molar-refractivity contribution < 1.29 is 22.4 Å². The van der Waals surface area contributed by atoms with Gasteiger partial charge in [0.05, 0.1) is 6.61 Å². The van der Waals surface area contributed by atoms with Crippen LogP contribution in [0.3, 0.4) is 0 Å². The third-order valence-corrected chi connectivity index (χ3v) is 28.3. The molecule has 1 saturated heterocycles. The van der Waals surface area contributed by atoms with E-state index in [9.17, 15) is 0 Å². The minimum absolute atomic E-state index is 0.0589. The highest BCUT2D eigenvalue weighted by Crippen LogP contribution is 2.46. The van der Waals surface area contributed by atoms with Gasteiger partial charge in [-0.05, 0) is 72.5 Å². The zero-order valence-electron chi connectivity index (χ0n) is 29.1. The fraction of sp³-hybridized carbons (Fsp3) is 1.00. The first-order valence-corrected chi connectivity index (χ1v) is 26.3. The van der Waals surface area contributed by atoms with E-state index in [1.165, 1.54) is 0 Å². The summed E-state index contributed by atoms with van der Waals surface area (Å²) in [6.45, 7) is 46.4. The molecule has 1 aliphatic rings. The maximum atomic E-state index is 7.21. The van der Waals surface area contributed by atoms with Crippen LogP contribution in [-0.4, -0.2) is 64.5 Å². The predicted octanol–water partition coefficient (Wildman–Crippen LogP) is 9.54. The van der Waals surface area contributed by atoms with Gasteiger partial charge in [0.1, 0.15) is 18.3 Å². The average molecular weight is 607 g/mol. The molecule has 0 aromatic carbocycles. The first-order valence-electron chi connectivity index (χ1n) is 14.7. The van der Waals surface area contributed by atoms with Crippen LogP contribution in [0.5, 0.6) is 0 Å². The van der Waals surface area contributed by atoms with Gasteiger partial charge in [-0.1, -0.05) is 83.1 Å². The summed E-state index contributed by atoms with van der Waals surface area (Å²) in [5.41, 5.74) is 0. The summed E-state index contributed by atoms with van der Waals surface area (Å²) in [4.78, 5) is 0. The first-order chi connectivity index (χ1) is 16.4. The Kier molecular flexibility index (Phi) is 11.0. The van der Waals surface area contributed by atoms with E-state index in [4.69, 9.17) is 22.4 Å². The van der Waals surface area contributed by atoms with Crippen LogP contribution in [0.2, 0.25) is 72.5 Å². The van der Waals surface area contributed by atoms with E-state index in [1.807, 2.05) is 0 Å². The number of rotatable bonds is 9. The Labute approximate surface area is 242 Å². The summed E-state index contributed by atoms with van der Waals surface area (Å²) in [6.07, 6.45) is -1.22. The van der Waals surface area contributed by atoms with Gasteiger partial charge in [-0.15, -0.1) is 0 Å². The summed E-state index contributed by atoms with van der Waals surface area (Å²) < 4.78 is 35.0. The first kappa shape index (κ1) is 36.7. The molecular formula is C29H66O5Si4. The zero-order valence-corrected chi connectivity index (χ0v) is 33.1. The van der Waals surface area contributed by atoms with E-state index < -0.39 is 39.6 Å². The zero-order chi connectivity index (χ0) is 30.6. The van der Waals surface area contributed by atoms with E-state index in [0.717, 1.165) is 0 Å². The second-order valence-corrected chi connectivity index (χ2v) is 36.8. The molecule has 0 spiro atoms. The van der Waals surface area contributed by atoms with Crippen molar-refractivity contribution in [1.82, 2.24) is 0 Å². The van der Waals surface area contributed by atoms with E-state index in [2.05, 4.69) is 135 Å². The molecule has 1 aliphatic heterocycles. The summed E-state index contributed by atoms with van der Waals surface area (Å²) >= 11 is 0. The Bertz CT molecular complexity index is 783. The monoisotopic (exact) mass is 606 g/mol. The van der Waals surface area contributed by atoms with Gasteiger partial charge < -0.3 is 22.4 Å². The van der Waals surface area contributed by atoms with Gasteiger partial charge in [-0.2, -0.15) is 0 Å². The van der Waals surface area contributed by atoms with Crippen molar-refractivity contribution in [3.63, 3.8) is 0 Å². The fourth-order valence-electron chi connectivity index (χ4n) is 3.20. The van der Waals surface area contributed by atoms with Gasteiger partial charge in [0.25, 0.3) is 0 Å². The van der Waals surface area contributed by atoms with Crippen molar-refractivity contribution >= 4 is 33.3 Å². The SMILES string of the molecule is CC(C)(C)[Si](C)(C)OC[C@@H]1O[C@@H](O[Si](C)(C)C(C)(C)C)[C@H](O[Si](C)(C)C(C)(C)C)[C@H]1O[Si](C)(C)C(C)(C)C. The van der Waals surface area contributed by atoms with Gasteiger partial charge in [-0.3, -0.25) is 0 Å². The van der Waals surface area contributed by atoms with E-state index in [1.54, 1.807) is 0 Å². The van der Waals surface area contributed by atoms with Crippen molar-refractivity contribution in [1.29, 1.82) is 0 Å². The van der Waals surface area contributed by atoms with Crippen LogP contribution < -0.4 is 0 Å². The molecule has 0 N–H and O–H groups in total. The third-order valence-electron chi connectivity index (χ3n) is 10.4. The molecule has 0 aromatic heterocycles. The van der Waals surface area contributed by atoms with Crippen molar-refractivity contribution in [2.75, 3.05) is 6.61 Å². The lowest BCUT2D eigenvalue weighted by Crippen LogP contribution is -2.56. The highest BCUT2D eigenvalue weighted by molar-refractivity contribution is 6.75. The van der Waals surface area contributed by atoms with E-state index in [-0.39, 0.29) is 38.5 Å². The number of hydrogen-bond donors (Lipinski definition) is 0. The van der Waals surface area contributed by atoms with Crippen molar-refractivity contribution in [2.45, 2.75) is 180 Å². The molecule has 0 amide bonds. The molecule has 38 heavy (non-hydrogen) atoms. The Morgan fingerprint density at radius 2 is 0.789 bits per heavy atom. The molecule has 0 bridgehead atoms. The highest BCUT2D eigenvalue weighted by atomic mass is 28.4. The Hall–Kier alpha value is 0.668. The number of ether oxygens (including phenoxy) is 1. The molecule has 228 valence electrons. The summed E-state index contributed by atoms with van der Waals surface area (Å²) in [7, 11) is -8.43. The topological polar surface area (TPSA) is 46.2 Å². The van der Waals surface area contributed by atoms with Crippen LogP contribution in [0, 0.1) is 0 Å². The maximum absolute atomic E-state index is 7.21. The third kappa shape index (κ3) is 8.60. The van der Waals surface area contributed by atoms with Crippen molar-refractivity contribution in [3.8, 4) is 0 Å². The van der Waals surface area contributed by atoms with Crippen LogP contribution in [0.25, 0.3) is 0 Å². The normalized spacial score (nSPS) is 25.3. The molecule has 0 radical (unpaired) electrons. The van der Waals surface area contributed by atoms with Gasteiger partial charge in [-0.25, -0.2) is 0 Å². The minimum atomic E-state index is -2.16. The second-order valence-electron chi connectivity index (χ2n) is 17.7. The molecule has 0 saturated carbocycles.